The maximum absolute atomic E-state index is 6.07. The monoisotopic (exact) mass is 446 g/mol. The zero-order valence-electron chi connectivity index (χ0n) is 16.1. The molecule has 0 aliphatic rings. The van der Waals surface area contributed by atoms with Crippen molar-refractivity contribution in [1.82, 2.24) is 29.8 Å². The second kappa shape index (κ2) is 8.66. The SMILES string of the molecule is C[C@H](c1nnc(SCc2nc(-c3cccs3)no2)n1-c1ccc(Cl)cc1)N(C)C. The summed E-state index contributed by atoms with van der Waals surface area (Å²) in [5.41, 5.74) is 0.954. The van der Waals surface area contributed by atoms with E-state index in [1.54, 1.807) is 11.3 Å². The van der Waals surface area contributed by atoms with E-state index in [0.717, 1.165) is 21.5 Å². The Kier molecular flexibility index (Phi) is 6.00. The normalized spacial score (nSPS) is 12.6. The summed E-state index contributed by atoms with van der Waals surface area (Å²) >= 11 is 9.16. The third-order valence-electron chi connectivity index (χ3n) is 4.43. The summed E-state index contributed by atoms with van der Waals surface area (Å²) in [6.07, 6.45) is 0. The van der Waals surface area contributed by atoms with Crippen LogP contribution in [0, 0.1) is 0 Å². The fraction of sp³-hybridized carbons (Fsp3) is 0.263. The Hall–Kier alpha value is -2.20. The van der Waals surface area contributed by atoms with E-state index in [2.05, 4.69) is 32.2 Å². The van der Waals surface area contributed by atoms with Crippen LogP contribution in [0.5, 0.6) is 0 Å². The predicted octanol–water partition coefficient (Wildman–Crippen LogP) is 4.95. The summed E-state index contributed by atoms with van der Waals surface area (Å²) in [6, 6.07) is 11.7. The molecular formula is C19H19ClN6OS2. The fourth-order valence-electron chi connectivity index (χ4n) is 2.65. The van der Waals surface area contributed by atoms with E-state index in [1.807, 2.05) is 60.4 Å². The summed E-state index contributed by atoms with van der Waals surface area (Å²) in [4.78, 5) is 7.56. The molecule has 29 heavy (non-hydrogen) atoms. The number of rotatable bonds is 7. The van der Waals surface area contributed by atoms with E-state index >= 15 is 0 Å². The number of thiophene rings is 1. The molecule has 7 nitrogen and oxygen atoms in total. The zero-order chi connectivity index (χ0) is 20.4. The number of benzene rings is 1. The summed E-state index contributed by atoms with van der Waals surface area (Å²) in [7, 11) is 4.03. The van der Waals surface area contributed by atoms with Gasteiger partial charge in [-0.15, -0.1) is 21.5 Å². The minimum absolute atomic E-state index is 0.0846. The molecule has 0 unspecified atom stereocenters. The molecule has 0 aliphatic carbocycles. The van der Waals surface area contributed by atoms with Gasteiger partial charge < -0.3 is 4.52 Å². The molecule has 4 aromatic rings. The van der Waals surface area contributed by atoms with Gasteiger partial charge in [0, 0.05) is 10.7 Å². The molecule has 4 rings (SSSR count). The molecule has 10 heteroatoms. The van der Waals surface area contributed by atoms with Gasteiger partial charge in [-0.1, -0.05) is 34.6 Å². The predicted molar refractivity (Wildman–Crippen MR) is 116 cm³/mol. The lowest BCUT2D eigenvalue weighted by Gasteiger charge is -2.20. The van der Waals surface area contributed by atoms with Gasteiger partial charge in [-0.25, -0.2) is 0 Å². The zero-order valence-corrected chi connectivity index (χ0v) is 18.5. The van der Waals surface area contributed by atoms with Gasteiger partial charge >= 0.3 is 0 Å². The Morgan fingerprint density at radius 2 is 2.00 bits per heavy atom. The van der Waals surface area contributed by atoms with Gasteiger partial charge in [0.05, 0.1) is 16.7 Å². The second-order valence-corrected chi connectivity index (χ2v) is 8.90. The van der Waals surface area contributed by atoms with Crippen LogP contribution in [0.2, 0.25) is 5.02 Å². The smallest absolute Gasteiger partial charge is 0.237 e. The molecule has 0 bridgehead atoms. The van der Waals surface area contributed by atoms with Gasteiger partial charge in [-0.05, 0) is 56.7 Å². The van der Waals surface area contributed by atoms with Gasteiger partial charge in [-0.2, -0.15) is 4.98 Å². The topological polar surface area (TPSA) is 72.9 Å². The number of aromatic nitrogens is 5. The number of nitrogens with zero attached hydrogens (tertiary/aromatic N) is 6. The molecule has 0 aliphatic heterocycles. The van der Waals surface area contributed by atoms with Crippen LogP contribution in [0.15, 0.2) is 51.5 Å². The summed E-state index contributed by atoms with van der Waals surface area (Å²) in [6.45, 7) is 2.09. The van der Waals surface area contributed by atoms with Crippen molar-refractivity contribution in [3.63, 3.8) is 0 Å². The first-order valence-corrected chi connectivity index (χ1v) is 11.1. The van der Waals surface area contributed by atoms with E-state index in [0.29, 0.717) is 22.5 Å². The first-order valence-electron chi connectivity index (χ1n) is 8.90. The minimum Gasteiger partial charge on any atom is -0.338 e. The van der Waals surface area contributed by atoms with E-state index in [9.17, 15) is 0 Å². The Bertz CT molecular complexity index is 1070. The minimum atomic E-state index is 0.0846. The lowest BCUT2D eigenvalue weighted by molar-refractivity contribution is 0.305. The van der Waals surface area contributed by atoms with E-state index < -0.39 is 0 Å². The Morgan fingerprint density at radius 3 is 2.69 bits per heavy atom. The Labute approximate surface area is 181 Å². The average Bonchev–Trinajstić information content (AvgIpc) is 3.46. The molecule has 0 spiro atoms. The van der Waals surface area contributed by atoms with Crippen LogP contribution in [0.4, 0.5) is 0 Å². The maximum Gasteiger partial charge on any atom is 0.237 e. The molecule has 0 saturated carbocycles. The Balaban J connectivity index is 1.61. The van der Waals surface area contributed by atoms with Crippen LogP contribution >= 0.6 is 34.7 Å². The van der Waals surface area contributed by atoms with Gasteiger partial charge in [0.25, 0.3) is 0 Å². The van der Waals surface area contributed by atoms with Crippen molar-refractivity contribution >= 4 is 34.7 Å². The lowest BCUT2D eigenvalue weighted by Crippen LogP contribution is -2.20. The van der Waals surface area contributed by atoms with Crippen molar-refractivity contribution in [2.75, 3.05) is 14.1 Å². The quantitative estimate of drug-likeness (QED) is 0.372. The van der Waals surface area contributed by atoms with Gasteiger partial charge in [0.2, 0.25) is 11.7 Å². The van der Waals surface area contributed by atoms with Gasteiger partial charge in [0.1, 0.15) is 0 Å². The standard InChI is InChI=1S/C19H19ClN6OS2/c1-12(25(2)3)18-22-23-19(26(18)14-8-6-13(20)7-9-14)29-11-16-21-17(24-27-16)15-5-4-10-28-15/h4-10,12H,11H2,1-3H3/t12-/m1/s1. The van der Waals surface area contributed by atoms with Crippen LogP contribution in [0.25, 0.3) is 16.4 Å². The number of halogens is 1. The maximum atomic E-state index is 6.07. The fourth-order valence-corrected chi connectivity index (χ4v) is 4.23. The first-order chi connectivity index (χ1) is 14.0. The summed E-state index contributed by atoms with van der Waals surface area (Å²) in [5.74, 6) is 2.51. The largest absolute Gasteiger partial charge is 0.338 e. The number of hydrogen-bond donors (Lipinski definition) is 0. The van der Waals surface area contributed by atoms with E-state index in [1.165, 1.54) is 11.8 Å². The summed E-state index contributed by atoms with van der Waals surface area (Å²) < 4.78 is 7.45. The second-order valence-electron chi connectivity index (χ2n) is 6.57. The van der Waals surface area contributed by atoms with Crippen LogP contribution in [-0.4, -0.2) is 43.9 Å². The molecule has 0 amide bonds. The first kappa shape index (κ1) is 20.1. The molecular weight excluding hydrogens is 428 g/mol. The molecule has 0 fully saturated rings. The molecule has 1 aromatic carbocycles. The van der Waals surface area contributed by atoms with Crippen molar-refractivity contribution in [1.29, 1.82) is 0 Å². The highest BCUT2D eigenvalue weighted by molar-refractivity contribution is 7.98. The van der Waals surface area contributed by atoms with Crippen LogP contribution < -0.4 is 0 Å². The lowest BCUT2D eigenvalue weighted by atomic mass is 10.2. The average molecular weight is 447 g/mol. The van der Waals surface area contributed by atoms with Crippen molar-refractivity contribution in [2.24, 2.45) is 0 Å². The highest BCUT2D eigenvalue weighted by Gasteiger charge is 2.21. The van der Waals surface area contributed by atoms with E-state index in [-0.39, 0.29) is 6.04 Å². The van der Waals surface area contributed by atoms with Gasteiger partial charge in [-0.3, -0.25) is 9.47 Å². The third kappa shape index (κ3) is 4.37. The third-order valence-corrected chi connectivity index (χ3v) is 6.46. The molecule has 150 valence electrons. The van der Waals surface area contributed by atoms with Crippen molar-refractivity contribution in [3.05, 3.63) is 58.5 Å². The highest BCUT2D eigenvalue weighted by atomic mass is 35.5. The van der Waals surface area contributed by atoms with Crippen molar-refractivity contribution < 1.29 is 4.52 Å². The highest BCUT2D eigenvalue weighted by Crippen LogP contribution is 2.30. The number of thioether (sulfide) groups is 1. The van der Waals surface area contributed by atoms with Crippen molar-refractivity contribution in [3.8, 4) is 16.4 Å². The molecule has 0 saturated heterocycles. The van der Waals surface area contributed by atoms with Gasteiger partial charge in [0.15, 0.2) is 11.0 Å². The molecule has 1 atom stereocenters. The van der Waals surface area contributed by atoms with Crippen LogP contribution in [0.1, 0.15) is 24.7 Å². The molecule has 0 radical (unpaired) electrons. The molecule has 3 heterocycles. The van der Waals surface area contributed by atoms with Crippen LogP contribution in [0.3, 0.4) is 0 Å². The Morgan fingerprint density at radius 1 is 1.21 bits per heavy atom. The molecule has 3 aromatic heterocycles. The number of hydrogen-bond acceptors (Lipinski definition) is 8. The van der Waals surface area contributed by atoms with Crippen molar-refractivity contribution in [2.45, 2.75) is 23.9 Å². The van der Waals surface area contributed by atoms with Crippen LogP contribution in [-0.2, 0) is 5.75 Å². The molecule has 0 N–H and O–H groups in total. The van der Waals surface area contributed by atoms with E-state index in [4.69, 9.17) is 16.1 Å². The summed E-state index contributed by atoms with van der Waals surface area (Å²) in [5, 5.41) is 16.4.